The Hall–Kier alpha value is -2.34. The molecule has 0 saturated heterocycles. The van der Waals surface area contributed by atoms with Crippen LogP contribution in [-0.2, 0) is 9.59 Å². The fraction of sp³-hybridized carbons (Fsp3) is 0.375. The van der Waals surface area contributed by atoms with Crippen molar-refractivity contribution in [1.82, 2.24) is 4.90 Å². The van der Waals surface area contributed by atoms with E-state index in [0.29, 0.717) is 5.69 Å². The molecule has 22 heavy (non-hydrogen) atoms. The van der Waals surface area contributed by atoms with Crippen LogP contribution in [0.25, 0.3) is 0 Å². The van der Waals surface area contributed by atoms with Crippen molar-refractivity contribution >= 4 is 17.5 Å². The van der Waals surface area contributed by atoms with Crippen molar-refractivity contribution in [3.63, 3.8) is 0 Å². The SMILES string of the molecule is CCC(C)Oc1ccc(NC2=CC(=O)N(CCO)C2=O)cc1. The lowest BCUT2D eigenvalue weighted by Gasteiger charge is -2.14. The van der Waals surface area contributed by atoms with Crippen LogP contribution in [0.5, 0.6) is 5.75 Å². The maximum absolute atomic E-state index is 12.0. The van der Waals surface area contributed by atoms with Crippen LogP contribution in [0.2, 0.25) is 0 Å². The molecule has 0 radical (unpaired) electrons. The Morgan fingerprint density at radius 3 is 2.55 bits per heavy atom. The standard InChI is InChI=1S/C16H20N2O4/c1-3-11(2)22-13-6-4-12(5-7-13)17-14-10-15(20)18(8-9-19)16(14)21/h4-7,10-11,17,19H,3,8-9H2,1-2H3. The first-order valence-electron chi connectivity index (χ1n) is 7.27. The number of carbonyl (C=O) groups excluding carboxylic acids is 2. The van der Waals surface area contributed by atoms with E-state index in [1.54, 1.807) is 12.1 Å². The molecular formula is C16H20N2O4. The third kappa shape index (κ3) is 3.65. The van der Waals surface area contributed by atoms with Gasteiger partial charge in [-0.15, -0.1) is 0 Å². The predicted molar refractivity (Wildman–Crippen MR) is 82.3 cm³/mol. The minimum Gasteiger partial charge on any atom is -0.491 e. The molecule has 0 fully saturated rings. The molecule has 1 aliphatic rings. The van der Waals surface area contributed by atoms with E-state index in [-0.39, 0.29) is 25.0 Å². The molecule has 1 unspecified atom stereocenters. The van der Waals surface area contributed by atoms with Gasteiger partial charge in [-0.25, -0.2) is 0 Å². The summed E-state index contributed by atoms with van der Waals surface area (Å²) in [5.41, 5.74) is 0.892. The maximum atomic E-state index is 12.0. The lowest BCUT2D eigenvalue weighted by molar-refractivity contribution is -0.137. The van der Waals surface area contributed by atoms with E-state index in [4.69, 9.17) is 9.84 Å². The van der Waals surface area contributed by atoms with Gasteiger partial charge in [0.15, 0.2) is 0 Å². The first kappa shape index (κ1) is 16.0. The second kappa shape index (κ2) is 7.09. The van der Waals surface area contributed by atoms with Gasteiger partial charge in [0.2, 0.25) is 0 Å². The summed E-state index contributed by atoms with van der Waals surface area (Å²) < 4.78 is 5.68. The first-order valence-corrected chi connectivity index (χ1v) is 7.27. The summed E-state index contributed by atoms with van der Waals surface area (Å²) in [6, 6.07) is 7.18. The molecule has 0 aromatic heterocycles. The number of carbonyl (C=O) groups is 2. The number of aliphatic hydroxyl groups is 1. The molecule has 1 heterocycles. The van der Waals surface area contributed by atoms with Gasteiger partial charge in [0, 0.05) is 11.8 Å². The van der Waals surface area contributed by atoms with Crippen LogP contribution in [-0.4, -0.2) is 41.1 Å². The summed E-state index contributed by atoms with van der Waals surface area (Å²) in [5, 5.41) is 11.8. The average Bonchev–Trinajstić information content (AvgIpc) is 2.77. The minimum absolute atomic E-state index is 0.00102. The number of hydrogen-bond acceptors (Lipinski definition) is 5. The Kier molecular flexibility index (Phi) is 5.16. The highest BCUT2D eigenvalue weighted by Crippen LogP contribution is 2.21. The Morgan fingerprint density at radius 1 is 1.27 bits per heavy atom. The van der Waals surface area contributed by atoms with Crippen molar-refractivity contribution in [1.29, 1.82) is 0 Å². The number of nitrogens with zero attached hydrogens (tertiary/aromatic N) is 1. The molecule has 118 valence electrons. The van der Waals surface area contributed by atoms with E-state index < -0.39 is 11.8 Å². The number of amides is 2. The summed E-state index contributed by atoms with van der Waals surface area (Å²) >= 11 is 0. The van der Waals surface area contributed by atoms with Gasteiger partial charge in [-0.05, 0) is 37.6 Å². The number of imide groups is 1. The number of rotatable bonds is 7. The highest BCUT2D eigenvalue weighted by atomic mass is 16.5. The highest BCUT2D eigenvalue weighted by molar-refractivity contribution is 6.17. The van der Waals surface area contributed by atoms with Gasteiger partial charge in [0.25, 0.3) is 11.8 Å². The highest BCUT2D eigenvalue weighted by Gasteiger charge is 2.30. The number of hydrogen-bond donors (Lipinski definition) is 2. The number of benzene rings is 1. The van der Waals surface area contributed by atoms with Crippen LogP contribution in [0.3, 0.4) is 0 Å². The van der Waals surface area contributed by atoms with E-state index in [2.05, 4.69) is 5.32 Å². The van der Waals surface area contributed by atoms with Crippen molar-refractivity contribution in [3.8, 4) is 5.75 Å². The van der Waals surface area contributed by atoms with Crippen LogP contribution in [0.1, 0.15) is 20.3 Å². The molecule has 0 saturated carbocycles. The molecule has 0 aliphatic carbocycles. The molecule has 0 bridgehead atoms. The summed E-state index contributed by atoms with van der Waals surface area (Å²) in [6.07, 6.45) is 2.30. The smallest absolute Gasteiger partial charge is 0.277 e. The first-order chi connectivity index (χ1) is 10.5. The molecule has 1 atom stereocenters. The third-order valence-corrected chi connectivity index (χ3v) is 3.38. The van der Waals surface area contributed by atoms with Gasteiger partial charge in [0.1, 0.15) is 11.4 Å². The van der Waals surface area contributed by atoms with E-state index in [1.165, 1.54) is 6.08 Å². The zero-order valence-corrected chi connectivity index (χ0v) is 12.7. The van der Waals surface area contributed by atoms with E-state index >= 15 is 0 Å². The lowest BCUT2D eigenvalue weighted by atomic mass is 10.2. The summed E-state index contributed by atoms with van der Waals surface area (Å²) in [6.45, 7) is 3.80. The molecule has 1 aromatic carbocycles. The van der Waals surface area contributed by atoms with Gasteiger partial charge in [-0.1, -0.05) is 6.92 Å². The van der Waals surface area contributed by atoms with Gasteiger partial charge in [-0.3, -0.25) is 14.5 Å². The summed E-state index contributed by atoms with van der Waals surface area (Å²) in [5.74, 6) is -0.0955. The molecular weight excluding hydrogens is 284 g/mol. The second-order valence-corrected chi connectivity index (χ2v) is 5.06. The van der Waals surface area contributed by atoms with Crippen molar-refractivity contribution in [2.24, 2.45) is 0 Å². The Balaban J connectivity index is 2.01. The normalized spacial score (nSPS) is 15.8. The lowest BCUT2D eigenvalue weighted by Crippen LogP contribution is -2.34. The third-order valence-electron chi connectivity index (χ3n) is 3.38. The van der Waals surface area contributed by atoms with Gasteiger partial charge >= 0.3 is 0 Å². The number of anilines is 1. The number of nitrogens with one attached hydrogen (secondary N) is 1. The minimum atomic E-state index is -0.431. The summed E-state index contributed by atoms with van der Waals surface area (Å²) in [7, 11) is 0. The van der Waals surface area contributed by atoms with E-state index in [0.717, 1.165) is 17.1 Å². The van der Waals surface area contributed by atoms with Crippen LogP contribution < -0.4 is 10.1 Å². The zero-order valence-electron chi connectivity index (χ0n) is 12.7. The Labute approximate surface area is 129 Å². The van der Waals surface area contributed by atoms with Gasteiger partial charge in [-0.2, -0.15) is 0 Å². The van der Waals surface area contributed by atoms with E-state index in [1.807, 2.05) is 26.0 Å². The Morgan fingerprint density at radius 2 is 1.95 bits per heavy atom. The molecule has 1 aromatic rings. The number of β-amino-alcohol motifs (C(OH)–C–C–N with tert-alkyl or cyclic N) is 1. The molecule has 6 heteroatoms. The van der Waals surface area contributed by atoms with Crippen molar-refractivity contribution in [2.45, 2.75) is 26.4 Å². The zero-order chi connectivity index (χ0) is 16.1. The largest absolute Gasteiger partial charge is 0.491 e. The van der Waals surface area contributed by atoms with Crippen molar-refractivity contribution in [3.05, 3.63) is 36.0 Å². The van der Waals surface area contributed by atoms with Crippen molar-refractivity contribution < 1.29 is 19.4 Å². The topological polar surface area (TPSA) is 78.9 Å². The predicted octanol–water partition coefficient (Wildman–Crippen LogP) is 1.52. The molecule has 2 N–H and O–H groups in total. The second-order valence-electron chi connectivity index (χ2n) is 5.06. The Bertz CT molecular complexity index is 580. The average molecular weight is 304 g/mol. The van der Waals surface area contributed by atoms with Crippen molar-refractivity contribution in [2.75, 3.05) is 18.5 Å². The fourth-order valence-corrected chi connectivity index (χ4v) is 2.00. The van der Waals surface area contributed by atoms with Gasteiger partial charge in [0.05, 0.1) is 19.3 Å². The maximum Gasteiger partial charge on any atom is 0.277 e. The van der Waals surface area contributed by atoms with Crippen LogP contribution in [0.15, 0.2) is 36.0 Å². The number of aliphatic hydroxyl groups excluding tert-OH is 1. The summed E-state index contributed by atoms with van der Waals surface area (Å²) in [4.78, 5) is 24.6. The quantitative estimate of drug-likeness (QED) is 0.747. The van der Waals surface area contributed by atoms with Gasteiger partial charge < -0.3 is 15.2 Å². The number of ether oxygens (including phenoxy) is 1. The molecule has 6 nitrogen and oxygen atoms in total. The molecule has 2 rings (SSSR count). The monoisotopic (exact) mass is 304 g/mol. The molecule has 0 spiro atoms. The van der Waals surface area contributed by atoms with Crippen LogP contribution in [0.4, 0.5) is 5.69 Å². The molecule has 2 amide bonds. The molecule has 1 aliphatic heterocycles. The van der Waals surface area contributed by atoms with E-state index in [9.17, 15) is 9.59 Å². The van der Waals surface area contributed by atoms with Crippen LogP contribution >= 0.6 is 0 Å². The fourth-order valence-electron chi connectivity index (χ4n) is 2.00. The van der Waals surface area contributed by atoms with Crippen LogP contribution in [0, 0.1) is 0 Å².